The van der Waals surface area contributed by atoms with Crippen LogP contribution in [0.1, 0.15) is 0 Å². The quantitative estimate of drug-likeness (QED) is 0.812. The molecule has 0 aromatic heterocycles. The fourth-order valence-corrected chi connectivity index (χ4v) is 2.49. The number of benzene rings is 2. The zero-order valence-corrected chi connectivity index (χ0v) is 10.8. The molecule has 0 amide bonds. The summed E-state index contributed by atoms with van der Waals surface area (Å²) in [6.07, 6.45) is 0. The number of hydrogen-bond acceptors (Lipinski definition) is 4. The maximum absolute atomic E-state index is 11.2. The summed E-state index contributed by atoms with van der Waals surface area (Å²) in [4.78, 5) is 1.62. The van der Waals surface area contributed by atoms with Gasteiger partial charge in [-0.1, -0.05) is 6.07 Å². The Morgan fingerprint density at radius 1 is 1.06 bits per heavy atom. The van der Waals surface area contributed by atoms with Crippen molar-refractivity contribution >= 4 is 26.6 Å². The van der Waals surface area contributed by atoms with Gasteiger partial charge in [0.25, 0.3) is 10.1 Å². The van der Waals surface area contributed by atoms with Crippen molar-refractivity contribution in [2.45, 2.75) is 4.90 Å². The van der Waals surface area contributed by atoms with Gasteiger partial charge in [-0.2, -0.15) is 8.42 Å². The van der Waals surface area contributed by atoms with E-state index < -0.39 is 10.1 Å². The van der Waals surface area contributed by atoms with Crippen LogP contribution in [0.5, 0.6) is 5.75 Å². The van der Waals surface area contributed by atoms with Gasteiger partial charge in [0.2, 0.25) is 0 Å². The molecule has 2 rings (SSSR count). The molecule has 0 saturated carbocycles. The molecule has 0 atom stereocenters. The van der Waals surface area contributed by atoms with E-state index in [1.165, 1.54) is 12.1 Å². The fourth-order valence-electron chi connectivity index (χ4n) is 1.80. The Morgan fingerprint density at radius 3 is 2.28 bits per heavy atom. The molecule has 0 spiro atoms. The van der Waals surface area contributed by atoms with E-state index in [1.54, 1.807) is 18.2 Å². The van der Waals surface area contributed by atoms with Crippen LogP contribution < -0.4 is 4.90 Å². The first-order chi connectivity index (χ1) is 8.30. The molecule has 0 aliphatic carbocycles. The zero-order chi connectivity index (χ0) is 13.5. The summed E-state index contributed by atoms with van der Waals surface area (Å²) in [6, 6.07) is 7.39. The number of fused-ring (bicyclic) bond motifs is 1. The Hall–Kier alpha value is -1.79. The number of nitrogens with zero attached hydrogens (tertiary/aromatic N) is 1. The Labute approximate surface area is 105 Å². The van der Waals surface area contributed by atoms with E-state index in [-0.39, 0.29) is 10.6 Å². The van der Waals surface area contributed by atoms with Gasteiger partial charge in [0.15, 0.2) is 0 Å². The number of rotatable bonds is 2. The van der Waals surface area contributed by atoms with Crippen LogP contribution in [0.15, 0.2) is 35.2 Å². The van der Waals surface area contributed by atoms with E-state index >= 15 is 0 Å². The average Bonchev–Trinajstić information content (AvgIpc) is 2.27. The Balaban J connectivity index is 2.85. The molecule has 0 aliphatic heterocycles. The summed E-state index contributed by atoms with van der Waals surface area (Å²) in [5, 5.41) is 10.5. The minimum Gasteiger partial charge on any atom is -0.507 e. The van der Waals surface area contributed by atoms with E-state index in [1.807, 2.05) is 19.0 Å². The summed E-state index contributed by atoms with van der Waals surface area (Å²) in [6.45, 7) is 0. The lowest BCUT2D eigenvalue weighted by atomic mass is 10.1. The van der Waals surface area contributed by atoms with Crippen molar-refractivity contribution in [1.82, 2.24) is 0 Å². The predicted molar refractivity (Wildman–Crippen MR) is 69.8 cm³/mol. The number of phenolic OH excluding ortho intramolecular Hbond substituents is 1. The van der Waals surface area contributed by atoms with Gasteiger partial charge < -0.3 is 10.0 Å². The van der Waals surface area contributed by atoms with Gasteiger partial charge in [0.1, 0.15) is 10.6 Å². The topological polar surface area (TPSA) is 77.8 Å². The van der Waals surface area contributed by atoms with E-state index in [2.05, 4.69) is 0 Å². The summed E-state index contributed by atoms with van der Waals surface area (Å²) < 4.78 is 31.6. The van der Waals surface area contributed by atoms with Crippen LogP contribution in [0.3, 0.4) is 0 Å². The molecule has 2 N–H and O–H groups in total. The normalized spacial score (nSPS) is 11.7. The molecule has 5 nitrogen and oxygen atoms in total. The number of aromatic hydroxyl groups is 1. The third-order valence-electron chi connectivity index (χ3n) is 2.73. The van der Waals surface area contributed by atoms with Crippen molar-refractivity contribution in [3.05, 3.63) is 30.3 Å². The lowest BCUT2D eigenvalue weighted by Crippen LogP contribution is -2.08. The Morgan fingerprint density at radius 2 is 1.72 bits per heavy atom. The highest BCUT2D eigenvalue weighted by atomic mass is 32.2. The molecule has 18 heavy (non-hydrogen) atoms. The highest BCUT2D eigenvalue weighted by Gasteiger charge is 2.16. The van der Waals surface area contributed by atoms with E-state index in [4.69, 9.17) is 4.55 Å². The van der Waals surface area contributed by atoms with Crippen molar-refractivity contribution in [2.75, 3.05) is 19.0 Å². The maximum Gasteiger partial charge on any atom is 0.295 e. The first-order valence-corrected chi connectivity index (χ1v) is 6.65. The van der Waals surface area contributed by atoms with Crippen molar-refractivity contribution in [3.8, 4) is 5.75 Å². The minimum atomic E-state index is -4.30. The first kappa shape index (κ1) is 12.7. The molecule has 0 aliphatic rings. The molecule has 0 fully saturated rings. The van der Waals surface area contributed by atoms with E-state index in [9.17, 15) is 13.5 Å². The molecular weight excluding hydrogens is 254 g/mol. The minimum absolute atomic E-state index is 0.0268. The number of phenols is 1. The van der Waals surface area contributed by atoms with Crippen LogP contribution in [0.2, 0.25) is 0 Å². The molecular formula is C12H13NO4S. The molecule has 0 radical (unpaired) electrons. The maximum atomic E-state index is 11.2. The molecule has 0 bridgehead atoms. The first-order valence-electron chi connectivity index (χ1n) is 5.21. The molecule has 2 aromatic carbocycles. The van der Waals surface area contributed by atoms with Gasteiger partial charge in [-0.3, -0.25) is 4.55 Å². The zero-order valence-electron chi connectivity index (χ0n) is 9.95. The highest BCUT2D eigenvalue weighted by Crippen LogP contribution is 2.32. The molecule has 0 unspecified atom stereocenters. The number of anilines is 1. The molecule has 0 heterocycles. The third-order valence-corrected chi connectivity index (χ3v) is 3.64. The average molecular weight is 267 g/mol. The fraction of sp³-hybridized carbons (Fsp3) is 0.167. The number of hydrogen-bond donors (Lipinski definition) is 2. The van der Waals surface area contributed by atoms with Crippen LogP contribution in [-0.2, 0) is 10.1 Å². The highest BCUT2D eigenvalue weighted by molar-refractivity contribution is 7.86. The monoisotopic (exact) mass is 267 g/mol. The van der Waals surface area contributed by atoms with Crippen molar-refractivity contribution in [1.29, 1.82) is 0 Å². The van der Waals surface area contributed by atoms with Crippen molar-refractivity contribution < 1.29 is 18.1 Å². The summed E-state index contributed by atoms with van der Waals surface area (Å²) in [7, 11) is -0.628. The van der Waals surface area contributed by atoms with Crippen LogP contribution in [-0.4, -0.2) is 32.2 Å². The smallest absolute Gasteiger partial charge is 0.295 e. The lowest BCUT2D eigenvalue weighted by Gasteiger charge is -2.14. The van der Waals surface area contributed by atoms with Gasteiger partial charge in [0, 0.05) is 30.6 Å². The SMILES string of the molecule is CN(C)c1ccc2c(S(=O)(=O)O)ccc(O)c2c1. The second-order valence-electron chi connectivity index (χ2n) is 4.18. The van der Waals surface area contributed by atoms with Crippen LogP contribution in [0, 0.1) is 0 Å². The Bertz CT molecular complexity index is 707. The largest absolute Gasteiger partial charge is 0.507 e. The summed E-state index contributed by atoms with van der Waals surface area (Å²) in [5.41, 5.74) is 0.824. The summed E-state index contributed by atoms with van der Waals surface area (Å²) in [5.74, 6) is -0.0268. The lowest BCUT2D eigenvalue weighted by molar-refractivity contribution is 0.479. The van der Waals surface area contributed by atoms with Gasteiger partial charge >= 0.3 is 0 Å². The van der Waals surface area contributed by atoms with Gasteiger partial charge in [-0.25, -0.2) is 0 Å². The van der Waals surface area contributed by atoms with Crippen LogP contribution >= 0.6 is 0 Å². The molecule has 0 saturated heterocycles. The molecule has 2 aromatic rings. The summed E-state index contributed by atoms with van der Waals surface area (Å²) >= 11 is 0. The standard InChI is InChI=1S/C12H13NO4S/c1-13(2)8-3-4-9-10(7-8)11(14)5-6-12(9)18(15,16)17/h3-7,14H,1-2H3,(H,15,16,17). The van der Waals surface area contributed by atoms with Crippen molar-refractivity contribution in [3.63, 3.8) is 0 Å². The van der Waals surface area contributed by atoms with Crippen LogP contribution in [0.4, 0.5) is 5.69 Å². The second kappa shape index (κ2) is 4.15. The van der Waals surface area contributed by atoms with Crippen LogP contribution in [0.25, 0.3) is 10.8 Å². The van der Waals surface area contributed by atoms with Crippen molar-refractivity contribution in [2.24, 2.45) is 0 Å². The molecule has 6 heteroatoms. The predicted octanol–water partition coefficient (Wildman–Crippen LogP) is 1.86. The van der Waals surface area contributed by atoms with E-state index in [0.717, 1.165) is 5.69 Å². The van der Waals surface area contributed by atoms with Gasteiger partial charge in [-0.15, -0.1) is 0 Å². The second-order valence-corrected chi connectivity index (χ2v) is 5.57. The Kier molecular flexibility index (Phi) is 2.92. The van der Waals surface area contributed by atoms with Gasteiger partial charge in [0.05, 0.1) is 0 Å². The van der Waals surface area contributed by atoms with Gasteiger partial charge in [-0.05, 0) is 24.3 Å². The molecule has 96 valence electrons. The third kappa shape index (κ3) is 2.12. The van der Waals surface area contributed by atoms with E-state index in [0.29, 0.717) is 10.8 Å².